The van der Waals surface area contributed by atoms with Crippen LogP contribution in [0.1, 0.15) is 213 Å². The molecule has 0 fully saturated rings. The molecule has 0 rings (SSSR count). The van der Waals surface area contributed by atoms with Gasteiger partial charge in [0.2, 0.25) is 0 Å². The van der Waals surface area contributed by atoms with Gasteiger partial charge in [-0.3, -0.25) is 4.79 Å². The standard InChI is InChI=1S/C48H86O4/c1-3-5-7-9-11-13-15-17-19-21-22-23-24-25-26-27-28-30-32-34-36-38-40-42-44-51-46-47(45-49)52-48(50)43-41-39-37-35-33-31-29-20-18-16-14-12-10-8-6-4-2/h5,7,11,13,17,19,22-23,25-26,47,49H,3-4,6,8-10,12,14-16,18,20-21,24,27-46H2,1-2H3/b7-5-,13-11-,19-17-,23-22-,26-25-. The van der Waals surface area contributed by atoms with Crippen LogP contribution < -0.4 is 0 Å². The number of allylic oxidation sites excluding steroid dienone is 10. The molecular formula is C48H86O4. The molecule has 52 heavy (non-hydrogen) atoms. The second kappa shape index (κ2) is 45.2. The SMILES string of the molecule is CC/C=C\C/C=C\C/C=C\C/C=C\C/C=C\CCCCCCCCCCOCC(CO)OC(=O)CCCCCCCCCCCCCCCCCC. The lowest BCUT2D eigenvalue weighted by Crippen LogP contribution is -2.27. The van der Waals surface area contributed by atoms with Gasteiger partial charge >= 0.3 is 5.97 Å². The maximum Gasteiger partial charge on any atom is 0.306 e. The molecule has 0 aliphatic rings. The number of carbonyl (C=O) groups excluding carboxylic acids is 1. The molecule has 0 aliphatic heterocycles. The number of aliphatic hydroxyl groups is 1. The molecule has 302 valence electrons. The fourth-order valence-corrected chi connectivity index (χ4v) is 6.30. The Bertz CT molecular complexity index is 854. The molecule has 4 nitrogen and oxygen atoms in total. The lowest BCUT2D eigenvalue weighted by Gasteiger charge is -2.16. The van der Waals surface area contributed by atoms with Crippen molar-refractivity contribution in [3.8, 4) is 0 Å². The summed E-state index contributed by atoms with van der Waals surface area (Å²) in [7, 11) is 0. The van der Waals surface area contributed by atoms with Crippen molar-refractivity contribution in [3.05, 3.63) is 60.8 Å². The molecule has 0 saturated carbocycles. The molecule has 0 saturated heterocycles. The lowest BCUT2D eigenvalue weighted by molar-refractivity contribution is -0.154. The summed E-state index contributed by atoms with van der Waals surface area (Å²) in [5.41, 5.74) is 0. The van der Waals surface area contributed by atoms with Gasteiger partial charge in [0.15, 0.2) is 0 Å². The first kappa shape index (κ1) is 50.1. The Hall–Kier alpha value is -1.91. The average Bonchev–Trinajstić information content (AvgIpc) is 3.15. The van der Waals surface area contributed by atoms with Crippen LogP contribution in [-0.2, 0) is 14.3 Å². The summed E-state index contributed by atoms with van der Waals surface area (Å²) in [6.45, 7) is 5.23. The van der Waals surface area contributed by atoms with E-state index in [1.807, 2.05) is 0 Å². The zero-order valence-corrected chi connectivity index (χ0v) is 34.6. The summed E-state index contributed by atoms with van der Waals surface area (Å²) in [6, 6.07) is 0. The summed E-state index contributed by atoms with van der Waals surface area (Å²) >= 11 is 0. The van der Waals surface area contributed by atoms with E-state index in [1.54, 1.807) is 0 Å². The van der Waals surface area contributed by atoms with Gasteiger partial charge in [-0.1, -0.05) is 209 Å². The van der Waals surface area contributed by atoms with Crippen LogP contribution in [0, 0.1) is 0 Å². The molecule has 0 amide bonds. The number of aliphatic hydroxyl groups excluding tert-OH is 1. The third-order valence-corrected chi connectivity index (χ3v) is 9.61. The first-order chi connectivity index (χ1) is 25.7. The smallest absolute Gasteiger partial charge is 0.306 e. The largest absolute Gasteiger partial charge is 0.457 e. The van der Waals surface area contributed by atoms with E-state index in [0.29, 0.717) is 19.6 Å². The molecule has 1 unspecified atom stereocenters. The number of carbonyl (C=O) groups is 1. The number of hydrogen-bond donors (Lipinski definition) is 1. The fraction of sp³-hybridized carbons (Fsp3) is 0.771. The quantitative estimate of drug-likeness (QED) is 0.0387. The van der Waals surface area contributed by atoms with Crippen LogP contribution in [0.15, 0.2) is 60.8 Å². The monoisotopic (exact) mass is 727 g/mol. The Morgan fingerprint density at radius 2 is 0.865 bits per heavy atom. The maximum absolute atomic E-state index is 12.2. The number of unbranched alkanes of at least 4 members (excludes halogenated alkanes) is 23. The molecule has 0 aromatic carbocycles. The zero-order valence-electron chi connectivity index (χ0n) is 34.6. The molecular weight excluding hydrogens is 641 g/mol. The molecule has 4 heteroatoms. The molecule has 0 aromatic heterocycles. The normalized spacial score (nSPS) is 12.9. The van der Waals surface area contributed by atoms with Crippen molar-refractivity contribution in [2.45, 2.75) is 219 Å². The molecule has 0 aromatic rings. The summed E-state index contributed by atoms with van der Waals surface area (Å²) in [4.78, 5) is 12.2. The van der Waals surface area contributed by atoms with E-state index in [-0.39, 0.29) is 12.6 Å². The third kappa shape index (κ3) is 42.5. The third-order valence-electron chi connectivity index (χ3n) is 9.61. The van der Waals surface area contributed by atoms with E-state index in [9.17, 15) is 9.90 Å². The van der Waals surface area contributed by atoms with Crippen LogP contribution in [0.2, 0.25) is 0 Å². The van der Waals surface area contributed by atoms with Crippen molar-refractivity contribution < 1.29 is 19.4 Å². The highest BCUT2D eigenvalue weighted by molar-refractivity contribution is 5.69. The summed E-state index contributed by atoms with van der Waals surface area (Å²) < 4.78 is 11.2. The summed E-state index contributed by atoms with van der Waals surface area (Å²) in [6.07, 6.45) is 60.0. The summed E-state index contributed by atoms with van der Waals surface area (Å²) in [5.74, 6) is -0.203. The van der Waals surface area contributed by atoms with Gasteiger partial charge in [0, 0.05) is 13.0 Å². The second-order valence-electron chi connectivity index (χ2n) is 14.7. The number of hydrogen-bond acceptors (Lipinski definition) is 4. The first-order valence-electron chi connectivity index (χ1n) is 22.4. The summed E-state index contributed by atoms with van der Waals surface area (Å²) in [5, 5.41) is 9.61. The minimum atomic E-state index is -0.539. The second-order valence-corrected chi connectivity index (χ2v) is 14.7. The molecule has 0 aliphatic carbocycles. The Morgan fingerprint density at radius 3 is 1.31 bits per heavy atom. The number of ether oxygens (including phenoxy) is 2. The molecule has 0 spiro atoms. The predicted molar refractivity (Wildman–Crippen MR) is 228 cm³/mol. The van der Waals surface area contributed by atoms with Gasteiger partial charge in [-0.05, 0) is 57.8 Å². The van der Waals surface area contributed by atoms with E-state index in [0.717, 1.165) is 51.4 Å². The molecule has 1 N–H and O–H groups in total. The predicted octanol–water partition coefficient (Wildman–Crippen LogP) is 14.8. The molecule has 0 bridgehead atoms. The van der Waals surface area contributed by atoms with Gasteiger partial charge in [-0.2, -0.15) is 0 Å². The van der Waals surface area contributed by atoms with Crippen LogP contribution in [0.5, 0.6) is 0 Å². The van der Waals surface area contributed by atoms with Crippen molar-refractivity contribution in [1.29, 1.82) is 0 Å². The fourth-order valence-electron chi connectivity index (χ4n) is 6.30. The average molecular weight is 727 g/mol. The van der Waals surface area contributed by atoms with Crippen LogP contribution >= 0.6 is 0 Å². The molecule has 0 heterocycles. The lowest BCUT2D eigenvalue weighted by atomic mass is 10.0. The van der Waals surface area contributed by atoms with Gasteiger partial charge in [0.1, 0.15) is 6.10 Å². The zero-order chi connectivity index (χ0) is 37.7. The number of esters is 1. The maximum atomic E-state index is 12.2. The van der Waals surface area contributed by atoms with E-state index >= 15 is 0 Å². The van der Waals surface area contributed by atoms with E-state index in [4.69, 9.17) is 9.47 Å². The van der Waals surface area contributed by atoms with Gasteiger partial charge in [-0.25, -0.2) is 0 Å². The minimum absolute atomic E-state index is 0.175. The van der Waals surface area contributed by atoms with Crippen molar-refractivity contribution in [3.63, 3.8) is 0 Å². The van der Waals surface area contributed by atoms with Crippen LogP contribution in [-0.4, -0.2) is 37.0 Å². The van der Waals surface area contributed by atoms with E-state index < -0.39 is 6.10 Å². The highest BCUT2D eigenvalue weighted by atomic mass is 16.6. The minimum Gasteiger partial charge on any atom is -0.457 e. The van der Waals surface area contributed by atoms with Crippen LogP contribution in [0.3, 0.4) is 0 Å². The molecule has 0 radical (unpaired) electrons. The Balaban J connectivity index is 3.45. The highest BCUT2D eigenvalue weighted by Crippen LogP contribution is 2.15. The van der Waals surface area contributed by atoms with Gasteiger partial charge in [-0.15, -0.1) is 0 Å². The van der Waals surface area contributed by atoms with E-state index in [1.165, 1.54) is 141 Å². The van der Waals surface area contributed by atoms with Crippen molar-refractivity contribution in [2.75, 3.05) is 19.8 Å². The number of rotatable bonds is 41. The highest BCUT2D eigenvalue weighted by Gasteiger charge is 2.13. The van der Waals surface area contributed by atoms with Crippen molar-refractivity contribution in [1.82, 2.24) is 0 Å². The Kier molecular flexibility index (Phi) is 43.6. The molecule has 1 atom stereocenters. The van der Waals surface area contributed by atoms with Crippen LogP contribution in [0.4, 0.5) is 0 Å². The van der Waals surface area contributed by atoms with Crippen molar-refractivity contribution >= 4 is 5.97 Å². The first-order valence-corrected chi connectivity index (χ1v) is 22.4. The van der Waals surface area contributed by atoms with Crippen LogP contribution in [0.25, 0.3) is 0 Å². The Labute approximate surface area is 324 Å². The Morgan fingerprint density at radius 1 is 0.481 bits per heavy atom. The van der Waals surface area contributed by atoms with Crippen molar-refractivity contribution in [2.24, 2.45) is 0 Å². The van der Waals surface area contributed by atoms with Gasteiger partial charge in [0.05, 0.1) is 13.2 Å². The van der Waals surface area contributed by atoms with E-state index in [2.05, 4.69) is 74.6 Å². The topological polar surface area (TPSA) is 55.8 Å². The van der Waals surface area contributed by atoms with Gasteiger partial charge < -0.3 is 14.6 Å². The van der Waals surface area contributed by atoms with Gasteiger partial charge in [0.25, 0.3) is 0 Å².